The third-order valence-corrected chi connectivity index (χ3v) is 3.82. The largest absolute Gasteiger partial charge is 0.525 e. The molecule has 0 saturated carbocycles. The summed E-state index contributed by atoms with van der Waals surface area (Å²) in [6.07, 6.45) is 0. The minimum Gasteiger partial charge on any atom is -0.475 e. The van der Waals surface area contributed by atoms with Crippen LogP contribution in [-0.2, 0) is 42.3 Å². The Balaban J connectivity index is -0.000000196. The summed E-state index contributed by atoms with van der Waals surface area (Å²) in [6, 6.07) is 0. The Morgan fingerprint density at radius 1 is 0.622 bits per heavy atom. The third kappa shape index (κ3) is 56.2. The number of nitrogens with one attached hydrogen (secondary N) is 3. The summed E-state index contributed by atoms with van der Waals surface area (Å²) in [7, 11) is 5.40. The number of rotatable bonds is 21. The van der Waals surface area contributed by atoms with Crippen LogP contribution in [-0.4, -0.2) is 142 Å². The lowest BCUT2D eigenvalue weighted by Gasteiger charge is -2.03. The summed E-state index contributed by atoms with van der Waals surface area (Å²) >= 11 is 0. The first-order valence-electron chi connectivity index (χ1n) is 11.3. The molecule has 37 heavy (non-hydrogen) atoms. The van der Waals surface area contributed by atoms with Gasteiger partial charge in [-0.05, 0) is 6.58 Å². The summed E-state index contributed by atoms with van der Waals surface area (Å²) in [4.78, 5) is 25.8. The van der Waals surface area contributed by atoms with Gasteiger partial charge in [0, 0.05) is 81.9 Å². The molecule has 0 bridgehead atoms. The molecule has 0 spiro atoms. The predicted molar refractivity (Wildman–Crippen MR) is 140 cm³/mol. The van der Waals surface area contributed by atoms with E-state index in [0.29, 0.717) is 0 Å². The van der Waals surface area contributed by atoms with Gasteiger partial charge in [0.05, 0.1) is 39.6 Å². The number of methoxy groups -OCH3 is 6. The van der Waals surface area contributed by atoms with Gasteiger partial charge in [-0.1, -0.05) is 0 Å². The first kappa shape index (κ1) is 42.9. The lowest BCUT2D eigenvalue weighted by Crippen LogP contribution is -2.23. The van der Waals surface area contributed by atoms with Crippen molar-refractivity contribution in [1.82, 2.24) is 16.0 Å². The number of phosphoric acid groups is 1. The standard InChI is InChI=1S/3C6H15NO2.C3H5O6P/c3*1-8-5-3-7-4-6-9-2;1-2(3(4)5)9-10(6,7)8/h3*7H,3-6H2,1-2H3;1H2,(H,4,5)(H2,6,7,8). The van der Waals surface area contributed by atoms with E-state index in [0.717, 1.165) is 78.9 Å². The van der Waals surface area contributed by atoms with Crippen LogP contribution < -0.4 is 16.0 Å². The van der Waals surface area contributed by atoms with E-state index < -0.39 is 19.6 Å². The minimum absolute atomic E-state index is 0.768. The zero-order chi connectivity index (χ0) is 29.2. The van der Waals surface area contributed by atoms with Gasteiger partial charge in [0.25, 0.3) is 0 Å². The zero-order valence-corrected chi connectivity index (χ0v) is 24.0. The maximum absolute atomic E-state index is 9.89. The van der Waals surface area contributed by atoms with Crippen molar-refractivity contribution < 1.29 is 57.2 Å². The molecule has 0 aromatic heterocycles. The van der Waals surface area contributed by atoms with E-state index in [1.807, 2.05) is 0 Å². The Hall–Kier alpha value is -1.20. The highest BCUT2D eigenvalue weighted by Crippen LogP contribution is 2.38. The van der Waals surface area contributed by atoms with Gasteiger partial charge in [0.15, 0.2) is 0 Å². The van der Waals surface area contributed by atoms with Crippen LogP contribution in [0.1, 0.15) is 0 Å². The van der Waals surface area contributed by atoms with Crippen molar-refractivity contribution >= 4 is 13.8 Å². The molecule has 0 rings (SSSR count). The van der Waals surface area contributed by atoms with Gasteiger partial charge in [-0.25, -0.2) is 9.36 Å². The number of carboxylic acids is 1. The first-order valence-corrected chi connectivity index (χ1v) is 12.8. The number of hydrogen-bond donors (Lipinski definition) is 6. The van der Waals surface area contributed by atoms with Crippen molar-refractivity contribution in [2.24, 2.45) is 0 Å². The SMILES string of the molecule is C=C(OP(=O)(O)O)C(=O)O.COCCNCCOC.COCCNCCOC.COCCNCCOC. The normalized spacial score (nSPS) is 10.2. The number of phosphoric ester groups is 1. The molecule has 0 unspecified atom stereocenters. The van der Waals surface area contributed by atoms with Gasteiger partial charge >= 0.3 is 13.8 Å². The van der Waals surface area contributed by atoms with Crippen LogP contribution in [0.3, 0.4) is 0 Å². The molecule has 0 heterocycles. The molecule has 6 N–H and O–H groups in total. The molecule has 0 aliphatic heterocycles. The molecule has 0 radical (unpaired) electrons. The average molecular weight is 568 g/mol. The van der Waals surface area contributed by atoms with E-state index in [4.69, 9.17) is 43.3 Å². The Morgan fingerprint density at radius 2 is 0.838 bits per heavy atom. The molecular formula is C21H50N3O12P. The van der Waals surface area contributed by atoms with Crippen LogP contribution in [0.2, 0.25) is 0 Å². The van der Waals surface area contributed by atoms with Crippen molar-refractivity contribution in [3.8, 4) is 0 Å². The van der Waals surface area contributed by atoms with E-state index in [2.05, 4.69) is 27.1 Å². The van der Waals surface area contributed by atoms with Crippen LogP contribution in [0.15, 0.2) is 12.3 Å². The van der Waals surface area contributed by atoms with Crippen LogP contribution in [0.5, 0.6) is 0 Å². The highest BCUT2D eigenvalue weighted by molar-refractivity contribution is 7.46. The predicted octanol–water partition coefficient (Wildman–Crippen LogP) is -0.700. The smallest absolute Gasteiger partial charge is 0.475 e. The van der Waals surface area contributed by atoms with Gasteiger partial charge in [0.2, 0.25) is 5.76 Å². The van der Waals surface area contributed by atoms with E-state index in [1.165, 1.54) is 0 Å². The van der Waals surface area contributed by atoms with Gasteiger partial charge in [-0.2, -0.15) is 0 Å². The second kappa shape index (κ2) is 37.0. The number of hydrogen-bond acceptors (Lipinski definition) is 12. The fourth-order valence-corrected chi connectivity index (χ4v) is 1.97. The van der Waals surface area contributed by atoms with E-state index >= 15 is 0 Å². The molecular weight excluding hydrogens is 517 g/mol. The van der Waals surface area contributed by atoms with Crippen molar-refractivity contribution in [3.05, 3.63) is 12.3 Å². The van der Waals surface area contributed by atoms with Crippen molar-refractivity contribution in [2.75, 3.05) is 122 Å². The lowest BCUT2D eigenvalue weighted by molar-refractivity contribution is -0.135. The minimum atomic E-state index is -4.76. The average Bonchev–Trinajstić information content (AvgIpc) is 2.84. The summed E-state index contributed by atoms with van der Waals surface area (Å²) in [5, 5.41) is 17.4. The summed E-state index contributed by atoms with van der Waals surface area (Å²) in [5.41, 5.74) is 0. The Labute approximate surface area is 221 Å². The fourth-order valence-electron chi connectivity index (χ4n) is 1.60. The van der Waals surface area contributed by atoms with Gasteiger partial charge < -0.3 is 54.0 Å². The second-order valence-corrected chi connectivity index (χ2v) is 7.68. The maximum atomic E-state index is 9.89. The van der Waals surface area contributed by atoms with E-state index in [9.17, 15) is 9.36 Å². The van der Waals surface area contributed by atoms with Gasteiger partial charge in [0.1, 0.15) is 0 Å². The second-order valence-electron chi connectivity index (χ2n) is 6.52. The molecule has 0 aromatic carbocycles. The number of carboxylic acid groups (broad SMARTS) is 1. The van der Waals surface area contributed by atoms with E-state index in [1.54, 1.807) is 42.7 Å². The van der Waals surface area contributed by atoms with Crippen molar-refractivity contribution in [3.63, 3.8) is 0 Å². The highest BCUT2D eigenvalue weighted by Gasteiger charge is 2.19. The van der Waals surface area contributed by atoms with Crippen LogP contribution >= 0.6 is 7.82 Å². The lowest BCUT2D eigenvalue weighted by atomic mass is 10.6. The molecule has 0 aliphatic carbocycles. The summed E-state index contributed by atoms with van der Waals surface area (Å²) in [5.74, 6) is -2.59. The quantitative estimate of drug-likeness (QED) is 0.0441. The molecule has 0 fully saturated rings. The molecule has 0 amide bonds. The third-order valence-electron chi connectivity index (χ3n) is 3.37. The Bertz CT molecular complexity index is 462. The molecule has 0 aromatic rings. The number of aliphatic carboxylic acids is 1. The molecule has 0 atom stereocenters. The first-order chi connectivity index (χ1) is 17.6. The molecule has 16 heteroatoms. The summed E-state index contributed by atoms with van der Waals surface area (Å²) in [6.45, 7) is 12.7. The monoisotopic (exact) mass is 567 g/mol. The molecule has 0 aliphatic rings. The molecule has 0 saturated heterocycles. The Kier molecular flexibility index (Phi) is 42.8. The molecule has 15 nitrogen and oxygen atoms in total. The highest BCUT2D eigenvalue weighted by atomic mass is 31.2. The van der Waals surface area contributed by atoms with Crippen LogP contribution in [0.25, 0.3) is 0 Å². The topological polar surface area (TPSA) is 196 Å². The Morgan fingerprint density at radius 3 is 0.946 bits per heavy atom. The van der Waals surface area contributed by atoms with Crippen LogP contribution in [0.4, 0.5) is 0 Å². The maximum Gasteiger partial charge on any atom is 0.525 e. The molecule has 226 valence electrons. The van der Waals surface area contributed by atoms with Crippen molar-refractivity contribution in [1.29, 1.82) is 0 Å². The van der Waals surface area contributed by atoms with Crippen LogP contribution in [0, 0.1) is 0 Å². The number of ether oxygens (including phenoxy) is 6. The van der Waals surface area contributed by atoms with Gasteiger partial charge in [-0.3, -0.25) is 9.79 Å². The van der Waals surface area contributed by atoms with Gasteiger partial charge in [-0.15, -0.1) is 0 Å². The van der Waals surface area contributed by atoms with E-state index in [-0.39, 0.29) is 0 Å². The zero-order valence-electron chi connectivity index (χ0n) is 23.2. The summed E-state index contributed by atoms with van der Waals surface area (Å²) < 4.78 is 42.4. The fraction of sp³-hybridized carbons (Fsp3) is 0.857. The number of carbonyl (C=O) groups is 1. The van der Waals surface area contributed by atoms with Crippen molar-refractivity contribution in [2.45, 2.75) is 0 Å².